The molecule has 1 aliphatic rings. The Morgan fingerprint density at radius 3 is 2.75 bits per heavy atom. The van der Waals surface area contributed by atoms with Crippen LogP contribution in [0.2, 0.25) is 0 Å². The second kappa shape index (κ2) is 5.21. The molecule has 0 aliphatic carbocycles. The molecule has 2 aromatic carbocycles. The number of rotatable bonds is 3. The average molecular weight is 331 g/mol. The van der Waals surface area contributed by atoms with Crippen LogP contribution in [-0.2, 0) is 4.74 Å². The second-order valence-corrected chi connectivity index (χ2v) is 5.53. The van der Waals surface area contributed by atoms with Crippen LogP contribution in [0.1, 0.15) is 38.8 Å². The van der Waals surface area contributed by atoms with Gasteiger partial charge in [-0.3, -0.25) is 4.79 Å². The fourth-order valence-corrected chi connectivity index (χ4v) is 2.72. The first kappa shape index (κ1) is 13.1. The van der Waals surface area contributed by atoms with Crippen LogP contribution in [0.25, 0.3) is 0 Å². The standard InChI is InChI=1S/C16H11BrO3/c17-11-5-3-4-10(8-11)14(18)9-15-12-6-1-2-7-13(12)16(19)20-15/h1-8,15H,9H2. The van der Waals surface area contributed by atoms with Gasteiger partial charge in [0.2, 0.25) is 0 Å². The summed E-state index contributed by atoms with van der Waals surface area (Å²) in [6, 6.07) is 14.4. The highest BCUT2D eigenvalue weighted by Crippen LogP contribution is 2.33. The Labute approximate surface area is 124 Å². The van der Waals surface area contributed by atoms with E-state index >= 15 is 0 Å². The molecule has 0 bridgehead atoms. The van der Waals surface area contributed by atoms with Crippen LogP contribution in [0.15, 0.2) is 53.0 Å². The predicted molar refractivity (Wildman–Crippen MR) is 77.7 cm³/mol. The van der Waals surface area contributed by atoms with Crippen molar-refractivity contribution in [1.82, 2.24) is 0 Å². The summed E-state index contributed by atoms with van der Waals surface area (Å²) in [5.41, 5.74) is 1.96. The van der Waals surface area contributed by atoms with E-state index in [1.165, 1.54) is 0 Å². The molecule has 0 aromatic heterocycles. The van der Waals surface area contributed by atoms with Crippen molar-refractivity contribution in [1.29, 1.82) is 0 Å². The van der Waals surface area contributed by atoms with Gasteiger partial charge in [-0.2, -0.15) is 0 Å². The number of Topliss-reactive ketones (excluding diaryl/α,β-unsaturated/α-hetero) is 1. The Morgan fingerprint density at radius 1 is 1.15 bits per heavy atom. The highest BCUT2D eigenvalue weighted by atomic mass is 79.9. The number of carbonyl (C=O) groups is 2. The molecule has 20 heavy (non-hydrogen) atoms. The number of halogens is 1. The number of ether oxygens (including phenoxy) is 1. The number of cyclic esters (lactones) is 1. The quantitative estimate of drug-likeness (QED) is 0.632. The molecule has 4 heteroatoms. The van der Waals surface area contributed by atoms with Crippen LogP contribution in [0.5, 0.6) is 0 Å². The van der Waals surface area contributed by atoms with Gasteiger partial charge in [0.1, 0.15) is 6.10 Å². The number of carbonyl (C=O) groups excluding carboxylic acids is 2. The van der Waals surface area contributed by atoms with Crippen molar-refractivity contribution in [3.8, 4) is 0 Å². The van der Waals surface area contributed by atoms with Gasteiger partial charge in [0.15, 0.2) is 5.78 Å². The van der Waals surface area contributed by atoms with Crippen molar-refractivity contribution in [3.05, 3.63) is 69.7 Å². The van der Waals surface area contributed by atoms with E-state index in [1.54, 1.807) is 24.3 Å². The minimum atomic E-state index is -0.481. The fraction of sp³-hybridized carbons (Fsp3) is 0.125. The monoisotopic (exact) mass is 330 g/mol. The van der Waals surface area contributed by atoms with Gasteiger partial charge in [0.25, 0.3) is 0 Å². The molecule has 0 saturated carbocycles. The van der Waals surface area contributed by atoms with Gasteiger partial charge in [0, 0.05) is 15.6 Å². The first-order valence-electron chi connectivity index (χ1n) is 6.24. The topological polar surface area (TPSA) is 43.4 Å². The first-order chi connectivity index (χ1) is 9.65. The maximum Gasteiger partial charge on any atom is 0.339 e. The maximum absolute atomic E-state index is 12.3. The summed E-state index contributed by atoms with van der Waals surface area (Å²) < 4.78 is 6.14. The lowest BCUT2D eigenvalue weighted by atomic mass is 9.99. The molecule has 0 saturated heterocycles. The van der Waals surface area contributed by atoms with E-state index in [1.807, 2.05) is 24.3 Å². The van der Waals surface area contributed by atoms with Crippen LogP contribution in [0.4, 0.5) is 0 Å². The molecule has 0 amide bonds. The summed E-state index contributed by atoms with van der Waals surface area (Å²) in [6.45, 7) is 0. The molecular formula is C16H11BrO3. The minimum absolute atomic E-state index is 0.0409. The van der Waals surface area contributed by atoms with Gasteiger partial charge >= 0.3 is 5.97 Å². The first-order valence-corrected chi connectivity index (χ1v) is 7.03. The van der Waals surface area contributed by atoms with Gasteiger partial charge in [-0.25, -0.2) is 4.79 Å². The number of hydrogen-bond acceptors (Lipinski definition) is 3. The van der Waals surface area contributed by atoms with Crippen LogP contribution in [0.3, 0.4) is 0 Å². The Kier molecular flexibility index (Phi) is 3.40. The Bertz CT molecular complexity index is 694. The second-order valence-electron chi connectivity index (χ2n) is 4.62. The molecule has 0 fully saturated rings. The van der Waals surface area contributed by atoms with Gasteiger partial charge in [-0.15, -0.1) is 0 Å². The number of fused-ring (bicyclic) bond motifs is 1. The van der Waals surface area contributed by atoms with E-state index in [2.05, 4.69) is 15.9 Å². The zero-order valence-electron chi connectivity index (χ0n) is 10.5. The van der Waals surface area contributed by atoms with Crippen molar-refractivity contribution >= 4 is 27.7 Å². The van der Waals surface area contributed by atoms with E-state index < -0.39 is 6.10 Å². The van der Waals surface area contributed by atoms with Crippen LogP contribution in [0, 0.1) is 0 Å². The highest BCUT2D eigenvalue weighted by Gasteiger charge is 2.32. The maximum atomic E-state index is 12.3. The third-order valence-corrected chi connectivity index (χ3v) is 3.79. The summed E-state index contributed by atoms with van der Waals surface area (Å²) in [5.74, 6) is -0.395. The van der Waals surface area contributed by atoms with Crippen LogP contribution < -0.4 is 0 Å². The van der Waals surface area contributed by atoms with Crippen LogP contribution in [-0.4, -0.2) is 11.8 Å². The molecule has 1 heterocycles. The SMILES string of the molecule is O=C(CC1OC(=O)c2ccccc21)c1cccc(Br)c1. The Morgan fingerprint density at radius 2 is 1.95 bits per heavy atom. The van der Waals surface area contributed by atoms with E-state index in [4.69, 9.17) is 4.74 Å². The third kappa shape index (κ3) is 2.39. The van der Waals surface area contributed by atoms with Crippen molar-refractivity contribution in [2.24, 2.45) is 0 Å². The molecular weight excluding hydrogens is 320 g/mol. The summed E-state index contributed by atoms with van der Waals surface area (Å²) in [6.07, 6.45) is -0.315. The number of ketones is 1. The summed E-state index contributed by atoms with van der Waals surface area (Å²) in [5, 5.41) is 0. The molecule has 2 aromatic rings. The molecule has 100 valence electrons. The Hall–Kier alpha value is -1.94. The lowest BCUT2D eigenvalue weighted by Gasteiger charge is -2.10. The minimum Gasteiger partial charge on any atom is -0.453 e. The smallest absolute Gasteiger partial charge is 0.339 e. The molecule has 0 N–H and O–H groups in total. The van der Waals surface area contributed by atoms with E-state index in [0.29, 0.717) is 11.1 Å². The largest absolute Gasteiger partial charge is 0.453 e. The Balaban J connectivity index is 1.83. The van der Waals surface area contributed by atoms with Crippen molar-refractivity contribution in [2.45, 2.75) is 12.5 Å². The van der Waals surface area contributed by atoms with Gasteiger partial charge in [0.05, 0.1) is 12.0 Å². The van der Waals surface area contributed by atoms with Crippen LogP contribution >= 0.6 is 15.9 Å². The van der Waals surface area contributed by atoms with E-state index in [0.717, 1.165) is 10.0 Å². The highest BCUT2D eigenvalue weighted by molar-refractivity contribution is 9.10. The van der Waals surface area contributed by atoms with Gasteiger partial charge in [-0.05, 0) is 18.2 Å². The zero-order chi connectivity index (χ0) is 14.1. The number of hydrogen-bond donors (Lipinski definition) is 0. The number of benzene rings is 2. The van der Waals surface area contributed by atoms with Gasteiger partial charge < -0.3 is 4.74 Å². The fourth-order valence-electron chi connectivity index (χ4n) is 2.32. The molecule has 0 spiro atoms. The third-order valence-electron chi connectivity index (χ3n) is 3.29. The summed E-state index contributed by atoms with van der Waals surface area (Å²) in [7, 11) is 0. The van der Waals surface area contributed by atoms with Crippen molar-refractivity contribution in [3.63, 3.8) is 0 Å². The van der Waals surface area contributed by atoms with Crippen molar-refractivity contribution in [2.75, 3.05) is 0 Å². The molecule has 3 nitrogen and oxygen atoms in total. The summed E-state index contributed by atoms with van der Waals surface area (Å²) in [4.78, 5) is 24.0. The average Bonchev–Trinajstić information content (AvgIpc) is 2.76. The molecule has 1 atom stereocenters. The summed E-state index contributed by atoms with van der Waals surface area (Å²) >= 11 is 3.34. The lowest BCUT2D eigenvalue weighted by Crippen LogP contribution is -2.07. The van der Waals surface area contributed by atoms with Crippen molar-refractivity contribution < 1.29 is 14.3 Å². The molecule has 3 rings (SSSR count). The zero-order valence-corrected chi connectivity index (χ0v) is 12.1. The number of esters is 1. The molecule has 1 unspecified atom stereocenters. The molecule has 0 radical (unpaired) electrons. The molecule has 1 aliphatic heterocycles. The normalized spacial score (nSPS) is 16.6. The van der Waals surface area contributed by atoms with Gasteiger partial charge in [-0.1, -0.05) is 46.3 Å². The van der Waals surface area contributed by atoms with E-state index in [9.17, 15) is 9.59 Å². The lowest BCUT2D eigenvalue weighted by molar-refractivity contribution is 0.0367. The predicted octanol–water partition coefficient (Wildman–Crippen LogP) is 3.93. The van der Waals surface area contributed by atoms with E-state index in [-0.39, 0.29) is 18.2 Å².